The summed E-state index contributed by atoms with van der Waals surface area (Å²) in [4.78, 5) is 0. The summed E-state index contributed by atoms with van der Waals surface area (Å²) in [6, 6.07) is -24.1. The molecular formula is C42H26O. The lowest BCUT2D eigenvalue weighted by Crippen LogP contribution is -1.92. The number of fused-ring (bicyclic) bond motifs is 7. The molecule has 200 valence electrons. The summed E-state index contributed by atoms with van der Waals surface area (Å²) >= 11 is 0. The Hall–Kier alpha value is -5.66. The molecule has 1 aromatic heterocycles. The van der Waals surface area contributed by atoms with Crippen molar-refractivity contribution in [3.63, 3.8) is 0 Å². The summed E-state index contributed by atoms with van der Waals surface area (Å²) in [7, 11) is 0. The predicted molar refractivity (Wildman–Crippen MR) is 183 cm³/mol. The second-order valence-electron chi connectivity index (χ2n) is 9.26. The van der Waals surface area contributed by atoms with Crippen molar-refractivity contribution in [2.75, 3.05) is 0 Å². The van der Waals surface area contributed by atoms with Crippen LogP contribution in [-0.2, 0) is 0 Å². The molecule has 0 aliphatic rings. The van der Waals surface area contributed by atoms with Crippen molar-refractivity contribution in [1.82, 2.24) is 0 Å². The van der Waals surface area contributed by atoms with Gasteiger partial charge in [-0.05, 0) is 83.8 Å². The van der Waals surface area contributed by atoms with Crippen molar-refractivity contribution in [2.24, 2.45) is 0 Å². The minimum absolute atomic E-state index is 0.398. The zero-order chi connectivity index (χ0) is 51.0. The number of hydrogen-bond donors (Lipinski definition) is 0. The molecule has 0 radical (unpaired) electrons. The molecule has 0 aliphatic heterocycles. The highest BCUT2D eigenvalue weighted by molar-refractivity contribution is 6.24. The van der Waals surface area contributed by atoms with E-state index in [-0.39, 0.29) is 0 Å². The van der Waals surface area contributed by atoms with Gasteiger partial charge < -0.3 is 4.42 Å². The van der Waals surface area contributed by atoms with Gasteiger partial charge in [0.1, 0.15) is 11.2 Å². The van der Waals surface area contributed by atoms with E-state index in [1.54, 1.807) is 0 Å². The molecule has 8 aromatic carbocycles. The Morgan fingerprint density at radius 3 is 1.65 bits per heavy atom. The van der Waals surface area contributed by atoms with Crippen LogP contribution >= 0.6 is 0 Å². The lowest BCUT2D eigenvalue weighted by Gasteiger charge is -2.19. The van der Waals surface area contributed by atoms with E-state index in [2.05, 4.69) is 0 Å². The van der Waals surface area contributed by atoms with Crippen molar-refractivity contribution < 1.29 is 40.1 Å². The third-order valence-corrected chi connectivity index (χ3v) is 7.01. The average Bonchev–Trinajstić information content (AvgIpc) is 3.73. The van der Waals surface area contributed by atoms with E-state index in [0.29, 0.717) is 0 Å². The summed E-state index contributed by atoms with van der Waals surface area (Å²) in [6.07, 6.45) is 0. The largest absolute Gasteiger partial charge is 0.456 e. The monoisotopic (exact) mass is 572 g/mol. The smallest absolute Gasteiger partial charge is 0.136 e. The highest BCUT2D eigenvalue weighted by Gasteiger charge is 2.20. The van der Waals surface area contributed by atoms with Gasteiger partial charge in [0.25, 0.3) is 0 Å². The standard InChI is InChI=1S/C42H26O/c1-2-12-27(13-3-1)30-15-6-7-17-32(30)41-35-20-10-8-18-33(35)40(34-19-9-11-21-36(34)41)29-23-24-38-37(26-29)42-31-16-5-4-14-28(31)22-25-39(42)43-38/h1-26H/i1D,2D,3D,4D,5D,6D,7D,8D,9D,10D,11D,12D,13D,14D,15D,16D,17D,18D,19D,20D,21D,22D,23D,24D,25D,26D. The fourth-order valence-corrected chi connectivity index (χ4v) is 5.27. The van der Waals surface area contributed by atoms with Gasteiger partial charge in [-0.15, -0.1) is 0 Å². The summed E-state index contributed by atoms with van der Waals surface area (Å²) in [5, 5.41) is -4.83. The SMILES string of the molecule is [2H]c1c([2H])c([2H])c(-c2c([2H])c([2H])c([2H])c([2H])c2-c2c3c([2H])c([2H])c([2H])c([2H])c3c(-c3c([2H])c([2H])c4oc5c([2H])c([2H])c6c([2H])c([2H])c([2H])c([2H])c6c5c4c3[2H])c3c([2H])c([2H])c([2H])c([2H])c23)c([2H])c1[2H]. The number of benzene rings is 8. The quantitative estimate of drug-likeness (QED) is 0.192. The van der Waals surface area contributed by atoms with E-state index in [1.165, 1.54) is 0 Å². The van der Waals surface area contributed by atoms with Crippen LogP contribution in [0.5, 0.6) is 0 Å². The maximum absolute atomic E-state index is 9.87. The molecule has 1 nitrogen and oxygen atoms in total. The first-order valence-corrected chi connectivity index (χ1v) is 12.7. The van der Waals surface area contributed by atoms with E-state index in [0.717, 1.165) is 0 Å². The van der Waals surface area contributed by atoms with Gasteiger partial charge >= 0.3 is 0 Å². The first-order valence-electron chi connectivity index (χ1n) is 25.7. The van der Waals surface area contributed by atoms with Gasteiger partial charge in [0.05, 0.1) is 35.6 Å². The molecule has 0 atom stereocenters. The Bertz CT molecular complexity index is 3860. The summed E-state index contributed by atoms with van der Waals surface area (Å²) in [6.45, 7) is 0. The fraction of sp³-hybridized carbons (Fsp3) is 0. The molecule has 0 N–H and O–H groups in total. The van der Waals surface area contributed by atoms with Crippen LogP contribution in [0.1, 0.15) is 35.6 Å². The normalized spacial score (nSPS) is 20.2. The van der Waals surface area contributed by atoms with E-state index >= 15 is 0 Å². The summed E-state index contributed by atoms with van der Waals surface area (Å²) in [5.74, 6) is 0. The Kier molecular flexibility index (Phi) is 2.13. The lowest BCUT2D eigenvalue weighted by atomic mass is 9.83. The second kappa shape index (κ2) is 9.44. The fourth-order valence-electron chi connectivity index (χ4n) is 5.27. The van der Waals surface area contributed by atoms with Gasteiger partial charge in [0.15, 0.2) is 0 Å². The maximum Gasteiger partial charge on any atom is 0.136 e. The Labute approximate surface area is 285 Å². The van der Waals surface area contributed by atoms with Gasteiger partial charge in [-0.2, -0.15) is 0 Å². The first-order chi connectivity index (χ1) is 32.2. The van der Waals surface area contributed by atoms with Gasteiger partial charge in [-0.25, -0.2) is 0 Å². The molecule has 0 bridgehead atoms. The van der Waals surface area contributed by atoms with Crippen molar-refractivity contribution in [3.05, 3.63) is 157 Å². The van der Waals surface area contributed by atoms with Crippen LogP contribution in [0.15, 0.2) is 162 Å². The molecule has 0 amide bonds. The first kappa shape index (κ1) is 9.69. The van der Waals surface area contributed by atoms with Crippen LogP contribution in [0, 0.1) is 0 Å². The van der Waals surface area contributed by atoms with Crippen LogP contribution < -0.4 is 0 Å². The van der Waals surface area contributed by atoms with Crippen molar-refractivity contribution >= 4 is 54.3 Å². The Morgan fingerprint density at radius 1 is 0.372 bits per heavy atom. The maximum atomic E-state index is 9.87. The molecule has 1 heteroatoms. The van der Waals surface area contributed by atoms with Gasteiger partial charge in [0.2, 0.25) is 0 Å². The van der Waals surface area contributed by atoms with Crippen molar-refractivity contribution in [1.29, 1.82) is 0 Å². The van der Waals surface area contributed by atoms with E-state index in [4.69, 9.17) is 29.1 Å². The van der Waals surface area contributed by atoms with Crippen LogP contribution in [0.2, 0.25) is 0 Å². The summed E-state index contributed by atoms with van der Waals surface area (Å²) in [5.41, 5.74) is -5.88. The Morgan fingerprint density at radius 2 is 0.930 bits per heavy atom. The summed E-state index contributed by atoms with van der Waals surface area (Å²) < 4.78 is 238. The third-order valence-electron chi connectivity index (χ3n) is 7.01. The van der Waals surface area contributed by atoms with Gasteiger partial charge in [-0.3, -0.25) is 0 Å². The number of furan rings is 1. The van der Waals surface area contributed by atoms with Crippen LogP contribution in [-0.4, -0.2) is 0 Å². The molecule has 0 fully saturated rings. The van der Waals surface area contributed by atoms with Crippen molar-refractivity contribution in [2.45, 2.75) is 0 Å². The topological polar surface area (TPSA) is 13.1 Å². The minimum atomic E-state index is -1.05. The Balaban J connectivity index is 1.65. The molecule has 1 heterocycles. The minimum Gasteiger partial charge on any atom is -0.456 e. The van der Waals surface area contributed by atoms with Gasteiger partial charge in [0, 0.05) is 10.8 Å². The third kappa shape index (κ3) is 3.65. The zero-order valence-corrected chi connectivity index (χ0v) is 21.4. The van der Waals surface area contributed by atoms with Crippen LogP contribution in [0.4, 0.5) is 0 Å². The second-order valence-corrected chi connectivity index (χ2v) is 9.26. The molecular weight excluding hydrogens is 520 g/mol. The molecule has 43 heavy (non-hydrogen) atoms. The van der Waals surface area contributed by atoms with Crippen LogP contribution in [0.3, 0.4) is 0 Å². The number of rotatable bonds is 3. The van der Waals surface area contributed by atoms with Gasteiger partial charge in [-0.1, -0.05) is 139 Å². The molecule has 9 aromatic rings. The average molecular weight is 573 g/mol. The lowest BCUT2D eigenvalue weighted by molar-refractivity contribution is 0.669. The zero-order valence-electron chi connectivity index (χ0n) is 47.4. The van der Waals surface area contributed by atoms with Crippen molar-refractivity contribution in [3.8, 4) is 33.4 Å². The van der Waals surface area contributed by atoms with E-state index in [9.17, 15) is 11.0 Å². The molecule has 9 rings (SSSR count). The van der Waals surface area contributed by atoms with E-state index < -0.39 is 245 Å². The predicted octanol–water partition coefficient (Wildman–Crippen LogP) is 12.0. The molecule has 0 unspecified atom stereocenters. The van der Waals surface area contributed by atoms with E-state index in [1.807, 2.05) is 0 Å². The molecule has 0 saturated carbocycles. The highest BCUT2D eigenvalue weighted by Crippen LogP contribution is 2.47. The van der Waals surface area contributed by atoms with Crippen LogP contribution in [0.25, 0.3) is 87.6 Å². The molecule has 0 saturated heterocycles. The molecule has 0 spiro atoms. The number of hydrogen-bond acceptors (Lipinski definition) is 1. The highest BCUT2D eigenvalue weighted by atomic mass is 16.3. The molecule has 0 aliphatic carbocycles.